The average Bonchev–Trinajstić information content (AvgIpc) is 2.45. The molecule has 0 aliphatic carbocycles. The number of nitrogens with one attached hydrogen (secondary N) is 1. The molecule has 0 bridgehead atoms. The van der Waals surface area contributed by atoms with Gasteiger partial charge in [-0.1, -0.05) is 25.1 Å². The van der Waals surface area contributed by atoms with Crippen molar-refractivity contribution in [3.05, 3.63) is 36.0 Å². The van der Waals surface area contributed by atoms with Gasteiger partial charge in [-0.3, -0.25) is 0 Å². The summed E-state index contributed by atoms with van der Waals surface area (Å²) >= 11 is 0. The fourth-order valence-corrected chi connectivity index (χ4v) is 2.15. The fraction of sp³-hybridized carbons (Fsp3) is 0.471. The first-order valence-corrected chi connectivity index (χ1v) is 7.38. The Balaban J connectivity index is 2.18. The van der Waals surface area contributed by atoms with Crippen LogP contribution >= 0.6 is 0 Å². The van der Waals surface area contributed by atoms with Crippen LogP contribution < -0.4 is 10.1 Å². The Morgan fingerprint density at radius 1 is 1.20 bits per heavy atom. The number of aromatic nitrogens is 1. The van der Waals surface area contributed by atoms with E-state index in [0.717, 1.165) is 35.3 Å². The second-order valence-electron chi connectivity index (χ2n) is 5.35. The van der Waals surface area contributed by atoms with Crippen LogP contribution in [0.2, 0.25) is 0 Å². The molecular weight excluding hydrogens is 248 g/mol. The first-order chi connectivity index (χ1) is 9.61. The average molecular weight is 272 g/mol. The predicted molar refractivity (Wildman–Crippen MR) is 84.3 cm³/mol. The minimum atomic E-state index is 0.106. The largest absolute Gasteiger partial charge is 0.487 e. The number of ether oxygens (including phenoxy) is 1. The van der Waals surface area contributed by atoms with E-state index >= 15 is 0 Å². The van der Waals surface area contributed by atoms with Crippen LogP contribution in [0.15, 0.2) is 30.3 Å². The molecule has 0 spiro atoms. The number of fused-ring (bicyclic) bond motifs is 1. The molecule has 0 saturated carbocycles. The summed E-state index contributed by atoms with van der Waals surface area (Å²) in [4.78, 5) is 4.60. The molecule has 0 amide bonds. The van der Waals surface area contributed by atoms with E-state index in [4.69, 9.17) is 4.74 Å². The Hall–Kier alpha value is -1.61. The summed E-state index contributed by atoms with van der Waals surface area (Å²) < 4.78 is 6.12. The molecule has 0 fully saturated rings. The molecule has 1 aromatic carbocycles. The number of pyridine rings is 1. The normalized spacial score (nSPS) is 14.2. The van der Waals surface area contributed by atoms with Crippen LogP contribution in [0, 0.1) is 6.92 Å². The molecule has 1 heterocycles. The van der Waals surface area contributed by atoms with Crippen molar-refractivity contribution in [3.8, 4) is 5.75 Å². The van der Waals surface area contributed by atoms with E-state index in [1.807, 2.05) is 25.1 Å². The standard InChI is InChI=1S/C17H24N2O/c1-5-11-18-13(3)14(4)20-16-8-6-7-15-10-9-12(2)19-17(15)16/h6-10,13-14,18H,5,11H2,1-4H3. The van der Waals surface area contributed by atoms with E-state index in [2.05, 4.69) is 43.2 Å². The first-order valence-electron chi connectivity index (χ1n) is 7.38. The van der Waals surface area contributed by atoms with Crippen molar-refractivity contribution in [1.82, 2.24) is 10.3 Å². The molecule has 0 radical (unpaired) electrons. The zero-order valence-corrected chi connectivity index (χ0v) is 12.8. The van der Waals surface area contributed by atoms with E-state index in [-0.39, 0.29) is 6.10 Å². The highest BCUT2D eigenvalue weighted by Gasteiger charge is 2.14. The molecule has 3 heteroatoms. The van der Waals surface area contributed by atoms with Crippen molar-refractivity contribution in [2.45, 2.75) is 46.3 Å². The first kappa shape index (κ1) is 14.8. The van der Waals surface area contributed by atoms with Gasteiger partial charge in [0.1, 0.15) is 17.4 Å². The topological polar surface area (TPSA) is 34.1 Å². The van der Waals surface area contributed by atoms with Crippen molar-refractivity contribution in [2.24, 2.45) is 0 Å². The van der Waals surface area contributed by atoms with Crippen molar-refractivity contribution in [2.75, 3.05) is 6.54 Å². The van der Waals surface area contributed by atoms with Gasteiger partial charge in [0.25, 0.3) is 0 Å². The number of benzene rings is 1. The summed E-state index contributed by atoms with van der Waals surface area (Å²) in [5, 5.41) is 4.59. The van der Waals surface area contributed by atoms with Gasteiger partial charge >= 0.3 is 0 Å². The van der Waals surface area contributed by atoms with Crippen LogP contribution in [0.4, 0.5) is 0 Å². The van der Waals surface area contributed by atoms with E-state index < -0.39 is 0 Å². The molecule has 0 aliphatic rings. The molecule has 2 aromatic rings. The molecule has 3 nitrogen and oxygen atoms in total. The quantitative estimate of drug-likeness (QED) is 0.870. The number of hydrogen-bond acceptors (Lipinski definition) is 3. The summed E-state index contributed by atoms with van der Waals surface area (Å²) in [6, 6.07) is 10.5. The third-order valence-corrected chi connectivity index (χ3v) is 3.56. The number of nitrogens with zero attached hydrogens (tertiary/aromatic N) is 1. The maximum Gasteiger partial charge on any atom is 0.146 e. The van der Waals surface area contributed by atoms with Crippen molar-refractivity contribution in [1.29, 1.82) is 0 Å². The van der Waals surface area contributed by atoms with Gasteiger partial charge in [-0.05, 0) is 45.9 Å². The lowest BCUT2D eigenvalue weighted by molar-refractivity contribution is 0.180. The van der Waals surface area contributed by atoms with Gasteiger partial charge in [0.05, 0.1) is 0 Å². The summed E-state index contributed by atoms with van der Waals surface area (Å²) in [5.41, 5.74) is 1.96. The minimum Gasteiger partial charge on any atom is -0.487 e. The van der Waals surface area contributed by atoms with Crippen LogP contribution in [0.1, 0.15) is 32.9 Å². The number of rotatable bonds is 6. The van der Waals surface area contributed by atoms with E-state index in [0.29, 0.717) is 6.04 Å². The summed E-state index contributed by atoms with van der Waals surface area (Å²) in [6.45, 7) is 9.45. The van der Waals surface area contributed by atoms with Crippen LogP contribution in [0.5, 0.6) is 5.75 Å². The molecule has 0 aliphatic heterocycles. The van der Waals surface area contributed by atoms with E-state index in [1.165, 1.54) is 0 Å². The Morgan fingerprint density at radius 3 is 2.75 bits per heavy atom. The maximum absolute atomic E-state index is 6.12. The number of hydrogen-bond donors (Lipinski definition) is 1. The minimum absolute atomic E-state index is 0.106. The van der Waals surface area contributed by atoms with Crippen LogP contribution in [0.3, 0.4) is 0 Å². The molecule has 108 valence electrons. The highest BCUT2D eigenvalue weighted by atomic mass is 16.5. The second-order valence-corrected chi connectivity index (χ2v) is 5.35. The predicted octanol–water partition coefficient (Wildman–Crippen LogP) is 3.70. The highest BCUT2D eigenvalue weighted by Crippen LogP contribution is 2.25. The van der Waals surface area contributed by atoms with E-state index in [9.17, 15) is 0 Å². The third kappa shape index (κ3) is 3.48. The SMILES string of the molecule is CCCNC(C)C(C)Oc1cccc2ccc(C)nc12. The lowest BCUT2D eigenvalue weighted by Gasteiger charge is -2.23. The molecule has 1 aromatic heterocycles. The molecule has 20 heavy (non-hydrogen) atoms. The maximum atomic E-state index is 6.12. The van der Waals surface area contributed by atoms with E-state index in [1.54, 1.807) is 0 Å². The Labute approximate surface area is 121 Å². The molecule has 2 rings (SSSR count). The van der Waals surface area contributed by atoms with Crippen molar-refractivity contribution < 1.29 is 4.74 Å². The van der Waals surface area contributed by atoms with Gasteiger partial charge in [0.2, 0.25) is 0 Å². The zero-order chi connectivity index (χ0) is 14.5. The smallest absolute Gasteiger partial charge is 0.146 e. The Bertz CT molecular complexity index is 568. The van der Waals surface area contributed by atoms with Crippen LogP contribution in [-0.2, 0) is 0 Å². The summed E-state index contributed by atoms with van der Waals surface area (Å²) in [5.74, 6) is 0.865. The second kappa shape index (κ2) is 6.71. The Morgan fingerprint density at radius 2 is 2.00 bits per heavy atom. The molecule has 2 unspecified atom stereocenters. The number of aryl methyl sites for hydroxylation is 1. The van der Waals surface area contributed by atoms with Crippen molar-refractivity contribution >= 4 is 10.9 Å². The lowest BCUT2D eigenvalue weighted by Crippen LogP contribution is -2.39. The Kier molecular flexibility index (Phi) is 4.96. The number of para-hydroxylation sites is 1. The van der Waals surface area contributed by atoms with Gasteiger partial charge in [0.15, 0.2) is 0 Å². The molecule has 2 atom stereocenters. The van der Waals surface area contributed by atoms with Gasteiger partial charge in [-0.15, -0.1) is 0 Å². The van der Waals surface area contributed by atoms with Gasteiger partial charge in [0, 0.05) is 17.1 Å². The lowest BCUT2D eigenvalue weighted by atomic mass is 10.1. The van der Waals surface area contributed by atoms with Gasteiger partial charge in [-0.25, -0.2) is 4.98 Å². The van der Waals surface area contributed by atoms with Crippen LogP contribution in [0.25, 0.3) is 10.9 Å². The zero-order valence-electron chi connectivity index (χ0n) is 12.8. The molecular formula is C17H24N2O. The van der Waals surface area contributed by atoms with Gasteiger partial charge < -0.3 is 10.1 Å². The monoisotopic (exact) mass is 272 g/mol. The van der Waals surface area contributed by atoms with Crippen LogP contribution in [-0.4, -0.2) is 23.7 Å². The molecule has 0 saturated heterocycles. The summed E-state index contributed by atoms with van der Waals surface area (Å²) in [7, 11) is 0. The third-order valence-electron chi connectivity index (χ3n) is 3.56. The van der Waals surface area contributed by atoms with Crippen molar-refractivity contribution in [3.63, 3.8) is 0 Å². The molecule has 1 N–H and O–H groups in total. The highest BCUT2D eigenvalue weighted by molar-refractivity contribution is 5.84. The fourth-order valence-electron chi connectivity index (χ4n) is 2.15. The summed E-state index contributed by atoms with van der Waals surface area (Å²) in [6.07, 6.45) is 1.24. The van der Waals surface area contributed by atoms with Gasteiger partial charge in [-0.2, -0.15) is 0 Å².